The Hall–Kier alpha value is -2.20. The van der Waals surface area contributed by atoms with Crippen LogP contribution in [0.25, 0.3) is 0 Å². The average molecular weight is 233 g/mol. The lowest BCUT2D eigenvalue weighted by molar-refractivity contribution is 0.830. The fraction of sp³-hybridized carbons (Fsp3) is 0.176. The molecule has 88 valence electrons. The molecule has 0 fully saturated rings. The third-order valence-corrected chi connectivity index (χ3v) is 3.17. The summed E-state index contributed by atoms with van der Waals surface area (Å²) in [4.78, 5) is 0. The number of hydrogen-bond donors (Lipinski definition) is 1. The minimum Gasteiger partial charge on any atom is -0.385 e. The summed E-state index contributed by atoms with van der Waals surface area (Å²) in [6, 6.07) is 16.5. The average Bonchev–Trinajstić information content (AvgIpc) is 2.46. The van der Waals surface area contributed by atoms with Crippen LogP contribution in [-0.2, 0) is 6.42 Å². The molecule has 0 saturated carbocycles. The van der Waals surface area contributed by atoms with Gasteiger partial charge in [-0.3, -0.25) is 0 Å². The molecule has 3 rings (SSSR count). The molecule has 0 bridgehead atoms. The molecule has 0 radical (unpaired) electrons. The molecule has 1 nitrogen and oxygen atoms in total. The maximum absolute atomic E-state index is 3.42. The van der Waals surface area contributed by atoms with Gasteiger partial charge in [-0.05, 0) is 48.7 Å². The molecule has 1 heteroatoms. The Morgan fingerprint density at radius 1 is 0.889 bits per heavy atom. The normalized spacial score (nSPS) is 12.9. The van der Waals surface area contributed by atoms with Crippen LogP contribution < -0.4 is 5.32 Å². The van der Waals surface area contributed by atoms with Gasteiger partial charge in [0.15, 0.2) is 0 Å². The van der Waals surface area contributed by atoms with Crippen molar-refractivity contribution < 1.29 is 0 Å². The lowest BCUT2D eigenvalue weighted by Gasteiger charge is -2.17. The van der Waals surface area contributed by atoms with E-state index >= 15 is 0 Å². The van der Waals surface area contributed by atoms with Crippen LogP contribution >= 0.6 is 0 Å². The number of rotatable bonds is 0. The van der Waals surface area contributed by atoms with E-state index in [-0.39, 0.29) is 0 Å². The lowest BCUT2D eigenvalue weighted by Crippen LogP contribution is -2.11. The number of aryl methyl sites for hydroxylation is 1. The second-order valence-corrected chi connectivity index (χ2v) is 4.52. The van der Waals surface area contributed by atoms with Gasteiger partial charge >= 0.3 is 0 Å². The van der Waals surface area contributed by atoms with E-state index < -0.39 is 0 Å². The molecular weight excluding hydrogens is 218 g/mol. The minimum atomic E-state index is 1.06. The predicted molar refractivity (Wildman–Crippen MR) is 75.7 cm³/mol. The Kier molecular flexibility index (Phi) is 3.02. The van der Waals surface area contributed by atoms with Crippen LogP contribution in [0.2, 0.25) is 0 Å². The van der Waals surface area contributed by atoms with Gasteiger partial charge in [-0.15, -0.1) is 0 Å². The van der Waals surface area contributed by atoms with Gasteiger partial charge in [0.1, 0.15) is 0 Å². The molecule has 18 heavy (non-hydrogen) atoms. The van der Waals surface area contributed by atoms with E-state index in [9.17, 15) is 0 Å². The Bertz CT molecular complexity index is 602. The lowest BCUT2D eigenvalue weighted by atomic mass is 10.0. The number of hydrogen-bond acceptors (Lipinski definition) is 1. The molecule has 2 aromatic rings. The van der Waals surface area contributed by atoms with E-state index in [1.807, 2.05) is 30.3 Å². The zero-order valence-electron chi connectivity index (χ0n) is 10.2. The van der Waals surface area contributed by atoms with Crippen LogP contribution in [0.3, 0.4) is 0 Å². The molecule has 2 aromatic carbocycles. The zero-order chi connectivity index (χ0) is 12.2. The summed E-state index contributed by atoms with van der Waals surface area (Å²) in [6.07, 6.45) is 2.37. The highest BCUT2D eigenvalue weighted by Gasteiger charge is 2.07. The summed E-state index contributed by atoms with van der Waals surface area (Å²) in [6.45, 7) is 1.09. The largest absolute Gasteiger partial charge is 0.385 e. The van der Waals surface area contributed by atoms with Gasteiger partial charge in [0.2, 0.25) is 0 Å². The molecule has 0 aliphatic carbocycles. The van der Waals surface area contributed by atoms with E-state index in [1.54, 1.807) is 0 Å². The highest BCUT2D eigenvalue weighted by Crippen LogP contribution is 2.22. The van der Waals surface area contributed by atoms with Gasteiger partial charge in [-0.1, -0.05) is 30.0 Å². The van der Waals surface area contributed by atoms with E-state index in [1.165, 1.54) is 17.7 Å². The van der Waals surface area contributed by atoms with Crippen molar-refractivity contribution >= 4 is 5.69 Å². The van der Waals surface area contributed by atoms with Crippen LogP contribution in [0.15, 0.2) is 48.5 Å². The van der Waals surface area contributed by atoms with Crippen LogP contribution in [0, 0.1) is 11.8 Å². The summed E-state index contributed by atoms with van der Waals surface area (Å²) < 4.78 is 0. The predicted octanol–water partition coefficient (Wildman–Crippen LogP) is 3.44. The van der Waals surface area contributed by atoms with Crippen LogP contribution in [0.5, 0.6) is 0 Å². The van der Waals surface area contributed by atoms with Gasteiger partial charge in [-0.2, -0.15) is 0 Å². The summed E-state index contributed by atoms with van der Waals surface area (Å²) in [5.74, 6) is 6.43. The van der Waals surface area contributed by atoms with E-state index in [2.05, 4.69) is 35.4 Å². The standard InChI is InChI=1S/C17H15N/c1-2-5-14(6-3-1)8-9-15-10-11-17-16(13-15)7-4-12-18-17/h1-3,5-6,10-11,13,18H,4,7,12H2. The third kappa shape index (κ3) is 2.38. The molecule has 0 saturated heterocycles. The van der Waals surface area contributed by atoms with Crippen molar-refractivity contribution in [2.45, 2.75) is 12.8 Å². The third-order valence-electron chi connectivity index (χ3n) is 3.17. The first-order valence-electron chi connectivity index (χ1n) is 6.36. The highest BCUT2D eigenvalue weighted by molar-refractivity contribution is 5.57. The van der Waals surface area contributed by atoms with E-state index in [0.717, 1.165) is 24.1 Å². The molecule has 1 aliphatic heterocycles. The molecule has 0 aromatic heterocycles. The molecule has 1 N–H and O–H groups in total. The molecule has 1 aliphatic rings. The second-order valence-electron chi connectivity index (χ2n) is 4.52. The van der Waals surface area contributed by atoms with Crippen molar-refractivity contribution in [3.8, 4) is 11.8 Å². The quantitative estimate of drug-likeness (QED) is 0.687. The van der Waals surface area contributed by atoms with Crippen LogP contribution in [0.4, 0.5) is 5.69 Å². The summed E-state index contributed by atoms with van der Waals surface area (Å²) >= 11 is 0. The Morgan fingerprint density at radius 2 is 1.72 bits per heavy atom. The molecule has 0 amide bonds. The van der Waals surface area contributed by atoms with Gasteiger partial charge in [0.25, 0.3) is 0 Å². The fourth-order valence-corrected chi connectivity index (χ4v) is 2.22. The maximum atomic E-state index is 3.42. The first-order valence-corrected chi connectivity index (χ1v) is 6.36. The van der Waals surface area contributed by atoms with Crippen LogP contribution in [0.1, 0.15) is 23.1 Å². The van der Waals surface area contributed by atoms with Crippen molar-refractivity contribution in [1.29, 1.82) is 0 Å². The molecule has 0 spiro atoms. The second kappa shape index (κ2) is 4.98. The Labute approximate surface area is 108 Å². The minimum absolute atomic E-state index is 1.06. The smallest absolute Gasteiger partial charge is 0.0373 e. The van der Waals surface area contributed by atoms with E-state index in [0.29, 0.717) is 0 Å². The first kappa shape index (κ1) is 10.9. The Balaban J connectivity index is 1.88. The number of nitrogens with one attached hydrogen (secondary N) is 1. The Morgan fingerprint density at radius 3 is 2.61 bits per heavy atom. The molecule has 1 heterocycles. The summed E-state index contributed by atoms with van der Waals surface area (Å²) in [5.41, 5.74) is 4.82. The van der Waals surface area contributed by atoms with Crippen molar-refractivity contribution in [2.75, 3.05) is 11.9 Å². The van der Waals surface area contributed by atoms with Crippen molar-refractivity contribution in [3.63, 3.8) is 0 Å². The van der Waals surface area contributed by atoms with Gasteiger partial charge in [0.05, 0.1) is 0 Å². The topological polar surface area (TPSA) is 12.0 Å². The molecular formula is C17H15N. The van der Waals surface area contributed by atoms with Crippen molar-refractivity contribution in [3.05, 3.63) is 65.2 Å². The molecule has 0 atom stereocenters. The van der Waals surface area contributed by atoms with E-state index in [4.69, 9.17) is 0 Å². The van der Waals surface area contributed by atoms with Gasteiger partial charge < -0.3 is 5.32 Å². The monoisotopic (exact) mass is 233 g/mol. The maximum Gasteiger partial charge on any atom is 0.0373 e. The van der Waals surface area contributed by atoms with Crippen molar-refractivity contribution in [2.24, 2.45) is 0 Å². The number of anilines is 1. The van der Waals surface area contributed by atoms with Gasteiger partial charge in [0, 0.05) is 23.4 Å². The first-order chi connectivity index (χ1) is 8.92. The summed E-state index contributed by atoms with van der Waals surface area (Å²) in [5, 5.41) is 3.42. The highest BCUT2D eigenvalue weighted by atomic mass is 14.9. The molecule has 0 unspecified atom stereocenters. The number of benzene rings is 2. The zero-order valence-corrected chi connectivity index (χ0v) is 10.2. The fourth-order valence-electron chi connectivity index (χ4n) is 2.22. The SMILES string of the molecule is C(#Cc1ccc2c(c1)CCCN2)c1ccccc1. The van der Waals surface area contributed by atoms with Crippen molar-refractivity contribution in [1.82, 2.24) is 0 Å². The summed E-state index contributed by atoms with van der Waals surface area (Å²) in [7, 11) is 0. The van der Waals surface area contributed by atoms with Crippen LogP contribution in [-0.4, -0.2) is 6.54 Å². The van der Waals surface area contributed by atoms with Gasteiger partial charge in [-0.25, -0.2) is 0 Å². The number of fused-ring (bicyclic) bond motifs is 1.